The van der Waals surface area contributed by atoms with Crippen LogP contribution in [0.2, 0.25) is 0 Å². The molecule has 0 aliphatic carbocycles. The third-order valence-electron chi connectivity index (χ3n) is 5.29. The summed E-state index contributed by atoms with van der Waals surface area (Å²) >= 11 is 0. The van der Waals surface area contributed by atoms with Crippen molar-refractivity contribution in [3.63, 3.8) is 0 Å². The first kappa shape index (κ1) is 20.3. The van der Waals surface area contributed by atoms with Crippen LogP contribution in [0.15, 0.2) is 54.6 Å². The number of ether oxygens (including phenoxy) is 1. The number of likely N-dealkylation sites (N-methyl/N-ethyl adjacent to an activating group) is 1. The highest BCUT2D eigenvalue weighted by Gasteiger charge is 2.23. The first-order chi connectivity index (χ1) is 13.6. The molecule has 3 rings (SSSR count). The van der Waals surface area contributed by atoms with Gasteiger partial charge in [0.05, 0.1) is 13.2 Å². The number of hydrogen-bond donors (Lipinski definition) is 0. The van der Waals surface area contributed by atoms with Crippen LogP contribution < -0.4 is 4.74 Å². The minimum Gasteiger partial charge on any atom is -0.493 e. The molecule has 0 saturated carbocycles. The number of hydrogen-bond acceptors (Lipinski definition) is 3. The molecule has 1 aliphatic heterocycles. The van der Waals surface area contributed by atoms with Gasteiger partial charge in [0.25, 0.3) is 0 Å². The molecule has 0 spiro atoms. The summed E-state index contributed by atoms with van der Waals surface area (Å²) in [6.07, 6.45) is 2.08. The summed E-state index contributed by atoms with van der Waals surface area (Å²) in [5, 5.41) is 0. The van der Waals surface area contributed by atoms with Crippen molar-refractivity contribution in [2.45, 2.75) is 26.3 Å². The molecule has 5 heteroatoms. The van der Waals surface area contributed by atoms with E-state index in [0.717, 1.165) is 43.9 Å². The number of carbonyl (C=O) groups excluding carboxylic acids is 1. The van der Waals surface area contributed by atoms with Crippen molar-refractivity contribution in [2.75, 3.05) is 32.8 Å². The SMILES string of the molecule is CCN(Cc1cccc(F)c1)C(=O)CN1CCC(COc2ccccc2)CC1. The Morgan fingerprint density at radius 1 is 1.14 bits per heavy atom. The summed E-state index contributed by atoms with van der Waals surface area (Å²) < 4.78 is 19.3. The van der Waals surface area contributed by atoms with E-state index in [2.05, 4.69) is 4.90 Å². The number of para-hydroxylation sites is 1. The van der Waals surface area contributed by atoms with Gasteiger partial charge in [-0.1, -0.05) is 30.3 Å². The van der Waals surface area contributed by atoms with Gasteiger partial charge in [0.15, 0.2) is 0 Å². The Labute approximate surface area is 166 Å². The normalized spacial score (nSPS) is 15.4. The van der Waals surface area contributed by atoms with Crippen LogP contribution in [-0.4, -0.2) is 48.5 Å². The van der Waals surface area contributed by atoms with Gasteiger partial charge in [-0.3, -0.25) is 9.69 Å². The van der Waals surface area contributed by atoms with Crippen LogP contribution in [0, 0.1) is 11.7 Å². The minimum absolute atomic E-state index is 0.103. The average Bonchev–Trinajstić information content (AvgIpc) is 2.72. The van der Waals surface area contributed by atoms with Crippen molar-refractivity contribution in [3.8, 4) is 5.75 Å². The highest BCUT2D eigenvalue weighted by atomic mass is 19.1. The number of benzene rings is 2. The maximum Gasteiger partial charge on any atom is 0.237 e. The van der Waals surface area contributed by atoms with E-state index in [1.54, 1.807) is 11.0 Å². The van der Waals surface area contributed by atoms with Gasteiger partial charge < -0.3 is 9.64 Å². The topological polar surface area (TPSA) is 32.8 Å². The van der Waals surface area contributed by atoms with E-state index in [1.807, 2.05) is 43.3 Å². The van der Waals surface area contributed by atoms with Gasteiger partial charge in [-0.25, -0.2) is 4.39 Å². The molecule has 2 aromatic carbocycles. The molecule has 28 heavy (non-hydrogen) atoms. The van der Waals surface area contributed by atoms with E-state index in [1.165, 1.54) is 12.1 Å². The summed E-state index contributed by atoms with van der Waals surface area (Å²) in [6.45, 7) is 6.01. The Hall–Kier alpha value is -2.40. The van der Waals surface area contributed by atoms with Crippen LogP contribution in [0.5, 0.6) is 5.75 Å². The first-order valence-corrected chi connectivity index (χ1v) is 10.1. The summed E-state index contributed by atoms with van der Waals surface area (Å²) in [5.74, 6) is 1.28. The fourth-order valence-electron chi connectivity index (χ4n) is 3.57. The number of carbonyl (C=O) groups is 1. The van der Waals surface area contributed by atoms with E-state index in [-0.39, 0.29) is 11.7 Å². The van der Waals surface area contributed by atoms with Crippen LogP contribution in [0.3, 0.4) is 0 Å². The number of likely N-dealkylation sites (tertiary alicyclic amines) is 1. The molecule has 0 N–H and O–H groups in total. The van der Waals surface area contributed by atoms with Crippen molar-refractivity contribution < 1.29 is 13.9 Å². The second-order valence-electron chi connectivity index (χ2n) is 7.38. The van der Waals surface area contributed by atoms with E-state index >= 15 is 0 Å². The van der Waals surface area contributed by atoms with Crippen molar-refractivity contribution in [1.82, 2.24) is 9.80 Å². The molecule has 0 bridgehead atoms. The lowest BCUT2D eigenvalue weighted by Crippen LogP contribution is -2.43. The Balaban J connectivity index is 1.42. The van der Waals surface area contributed by atoms with Gasteiger partial charge >= 0.3 is 0 Å². The molecule has 1 heterocycles. The smallest absolute Gasteiger partial charge is 0.237 e. The molecular weight excluding hydrogens is 355 g/mol. The fraction of sp³-hybridized carbons (Fsp3) is 0.435. The van der Waals surface area contributed by atoms with Crippen LogP contribution in [0.4, 0.5) is 4.39 Å². The van der Waals surface area contributed by atoms with Gasteiger partial charge in [0.2, 0.25) is 5.91 Å². The standard InChI is InChI=1S/C23H29FN2O2/c1-2-26(16-20-7-6-8-21(24)15-20)23(27)17-25-13-11-19(12-14-25)18-28-22-9-4-3-5-10-22/h3-10,15,19H,2,11-14,16-18H2,1H3. The zero-order valence-electron chi connectivity index (χ0n) is 16.5. The van der Waals surface area contributed by atoms with Crippen molar-refractivity contribution >= 4 is 5.91 Å². The third-order valence-corrected chi connectivity index (χ3v) is 5.29. The number of amides is 1. The van der Waals surface area contributed by atoms with Gasteiger partial charge in [-0.15, -0.1) is 0 Å². The van der Waals surface area contributed by atoms with Crippen molar-refractivity contribution in [1.29, 1.82) is 0 Å². The lowest BCUT2D eigenvalue weighted by Gasteiger charge is -2.33. The lowest BCUT2D eigenvalue weighted by atomic mass is 9.98. The van der Waals surface area contributed by atoms with Crippen LogP contribution in [0.25, 0.3) is 0 Å². The predicted molar refractivity (Wildman–Crippen MR) is 109 cm³/mol. The lowest BCUT2D eigenvalue weighted by molar-refractivity contribution is -0.133. The summed E-state index contributed by atoms with van der Waals surface area (Å²) in [5.41, 5.74) is 0.826. The predicted octanol–water partition coefficient (Wildman–Crippen LogP) is 3.97. The summed E-state index contributed by atoms with van der Waals surface area (Å²) in [4.78, 5) is 16.7. The first-order valence-electron chi connectivity index (χ1n) is 10.1. The highest BCUT2D eigenvalue weighted by Crippen LogP contribution is 2.19. The second-order valence-corrected chi connectivity index (χ2v) is 7.38. The number of piperidine rings is 1. The zero-order chi connectivity index (χ0) is 19.8. The summed E-state index contributed by atoms with van der Waals surface area (Å²) in [6, 6.07) is 16.4. The quantitative estimate of drug-likeness (QED) is 0.691. The summed E-state index contributed by atoms with van der Waals surface area (Å²) in [7, 11) is 0. The molecule has 1 aliphatic rings. The maximum atomic E-state index is 13.4. The molecule has 1 saturated heterocycles. The van der Waals surface area contributed by atoms with E-state index in [0.29, 0.717) is 25.6 Å². The van der Waals surface area contributed by atoms with Gasteiger partial charge in [-0.2, -0.15) is 0 Å². The van der Waals surface area contributed by atoms with Crippen LogP contribution in [-0.2, 0) is 11.3 Å². The highest BCUT2D eigenvalue weighted by molar-refractivity contribution is 5.78. The molecule has 150 valence electrons. The van der Waals surface area contributed by atoms with Crippen LogP contribution >= 0.6 is 0 Å². The van der Waals surface area contributed by atoms with Gasteiger partial charge in [-0.05, 0) is 68.6 Å². The van der Waals surface area contributed by atoms with E-state index in [9.17, 15) is 9.18 Å². The largest absolute Gasteiger partial charge is 0.493 e. The van der Waals surface area contributed by atoms with Crippen molar-refractivity contribution in [2.24, 2.45) is 5.92 Å². The molecule has 2 aromatic rings. The monoisotopic (exact) mass is 384 g/mol. The molecule has 1 fully saturated rings. The van der Waals surface area contributed by atoms with E-state index < -0.39 is 0 Å². The molecule has 4 nitrogen and oxygen atoms in total. The van der Waals surface area contributed by atoms with E-state index in [4.69, 9.17) is 4.74 Å². The third kappa shape index (κ3) is 6.06. The average molecular weight is 384 g/mol. The second kappa shape index (κ2) is 10.2. The Morgan fingerprint density at radius 2 is 1.89 bits per heavy atom. The van der Waals surface area contributed by atoms with Gasteiger partial charge in [0.1, 0.15) is 11.6 Å². The Morgan fingerprint density at radius 3 is 2.57 bits per heavy atom. The van der Waals surface area contributed by atoms with Crippen molar-refractivity contribution in [3.05, 3.63) is 66.0 Å². The molecule has 0 aromatic heterocycles. The minimum atomic E-state index is -0.263. The molecule has 1 amide bonds. The van der Waals surface area contributed by atoms with Crippen LogP contribution in [0.1, 0.15) is 25.3 Å². The number of rotatable bonds is 8. The molecule has 0 radical (unpaired) electrons. The number of nitrogens with zero attached hydrogens (tertiary/aromatic N) is 2. The Bertz CT molecular complexity index is 745. The Kier molecular flexibility index (Phi) is 7.43. The maximum absolute atomic E-state index is 13.4. The molecule has 0 atom stereocenters. The number of halogens is 1. The fourth-order valence-corrected chi connectivity index (χ4v) is 3.57. The zero-order valence-corrected chi connectivity index (χ0v) is 16.5. The molecular formula is C23H29FN2O2. The molecule has 0 unspecified atom stereocenters. The van der Waals surface area contributed by atoms with Gasteiger partial charge in [0, 0.05) is 13.1 Å².